The number of nitrogens with one attached hydrogen (secondary N) is 2. The van der Waals surface area contributed by atoms with Gasteiger partial charge in [0.2, 0.25) is 0 Å². The van der Waals surface area contributed by atoms with Gasteiger partial charge in [-0.1, -0.05) is 6.07 Å². The Hall–Kier alpha value is -1.40. The van der Waals surface area contributed by atoms with Gasteiger partial charge in [0.15, 0.2) is 0 Å². The summed E-state index contributed by atoms with van der Waals surface area (Å²) >= 11 is 3.47. The molecule has 0 aliphatic heterocycles. The van der Waals surface area contributed by atoms with Crippen molar-refractivity contribution in [2.24, 2.45) is 0 Å². The summed E-state index contributed by atoms with van der Waals surface area (Å²) in [5, 5.41) is 10.00. The Morgan fingerprint density at radius 1 is 1.44 bits per heavy atom. The second-order valence-electron chi connectivity index (χ2n) is 3.83. The Morgan fingerprint density at radius 2 is 2.33 bits per heavy atom. The number of benzene rings is 1. The summed E-state index contributed by atoms with van der Waals surface area (Å²) in [7, 11) is 1.66. The molecular formula is C12H15BrN4O. The number of H-pyrrole nitrogens is 1. The van der Waals surface area contributed by atoms with Gasteiger partial charge < -0.3 is 10.1 Å². The van der Waals surface area contributed by atoms with E-state index in [9.17, 15) is 0 Å². The fourth-order valence-corrected chi connectivity index (χ4v) is 2.20. The third-order valence-electron chi connectivity index (χ3n) is 2.55. The van der Waals surface area contributed by atoms with Crippen molar-refractivity contribution in [1.29, 1.82) is 0 Å². The van der Waals surface area contributed by atoms with Gasteiger partial charge in [-0.2, -0.15) is 5.10 Å². The molecule has 18 heavy (non-hydrogen) atoms. The van der Waals surface area contributed by atoms with E-state index in [0.717, 1.165) is 35.6 Å². The number of ether oxygens (including phenoxy) is 1. The predicted octanol–water partition coefficient (Wildman–Crippen LogP) is 1.91. The van der Waals surface area contributed by atoms with E-state index in [4.69, 9.17) is 4.74 Å². The van der Waals surface area contributed by atoms with Crippen LogP contribution in [0.2, 0.25) is 0 Å². The molecule has 0 aliphatic rings. The highest BCUT2D eigenvalue weighted by atomic mass is 79.9. The van der Waals surface area contributed by atoms with Crippen molar-refractivity contribution in [3.63, 3.8) is 0 Å². The van der Waals surface area contributed by atoms with Gasteiger partial charge in [0.25, 0.3) is 0 Å². The van der Waals surface area contributed by atoms with E-state index in [0.29, 0.717) is 0 Å². The minimum Gasteiger partial charge on any atom is -0.496 e. The second kappa shape index (κ2) is 6.51. The van der Waals surface area contributed by atoms with Crippen LogP contribution in [0.5, 0.6) is 5.75 Å². The molecule has 1 aromatic carbocycles. The van der Waals surface area contributed by atoms with Crippen LogP contribution in [0.3, 0.4) is 0 Å². The van der Waals surface area contributed by atoms with Gasteiger partial charge in [-0.05, 0) is 33.6 Å². The lowest BCUT2D eigenvalue weighted by Gasteiger charge is -2.07. The molecule has 1 heterocycles. The molecule has 2 N–H and O–H groups in total. The molecule has 5 nitrogen and oxygen atoms in total. The summed E-state index contributed by atoms with van der Waals surface area (Å²) in [5.41, 5.74) is 1.21. The van der Waals surface area contributed by atoms with Gasteiger partial charge in [-0.25, -0.2) is 4.98 Å². The van der Waals surface area contributed by atoms with E-state index < -0.39 is 0 Å². The van der Waals surface area contributed by atoms with Crippen LogP contribution in [0.4, 0.5) is 0 Å². The number of aromatic amines is 1. The second-order valence-corrected chi connectivity index (χ2v) is 4.68. The Morgan fingerprint density at radius 3 is 3.00 bits per heavy atom. The molecule has 0 aliphatic carbocycles. The molecule has 0 fully saturated rings. The summed E-state index contributed by atoms with van der Waals surface area (Å²) in [6.45, 7) is 1.68. The maximum atomic E-state index is 5.19. The molecule has 0 spiro atoms. The van der Waals surface area contributed by atoms with E-state index in [-0.39, 0.29) is 0 Å². The standard InChI is InChI=1S/C12H15BrN4O/c1-18-11-3-2-9(6-10(11)13)7-14-5-4-12-15-8-16-17-12/h2-3,6,8,14H,4-5,7H2,1H3,(H,15,16,17). The van der Waals surface area contributed by atoms with Crippen LogP contribution in [-0.2, 0) is 13.0 Å². The summed E-state index contributed by atoms with van der Waals surface area (Å²) in [6, 6.07) is 6.06. The number of nitrogens with zero attached hydrogens (tertiary/aromatic N) is 2. The first-order valence-corrected chi connectivity index (χ1v) is 6.46. The van der Waals surface area contributed by atoms with Gasteiger partial charge >= 0.3 is 0 Å². The average molecular weight is 311 g/mol. The zero-order valence-corrected chi connectivity index (χ0v) is 11.7. The highest BCUT2D eigenvalue weighted by Gasteiger charge is 2.01. The van der Waals surface area contributed by atoms with Gasteiger partial charge in [0.1, 0.15) is 17.9 Å². The number of rotatable bonds is 6. The zero-order valence-electron chi connectivity index (χ0n) is 10.1. The Bertz CT molecular complexity index is 487. The Balaban J connectivity index is 1.78. The van der Waals surface area contributed by atoms with Crippen molar-refractivity contribution in [2.75, 3.05) is 13.7 Å². The molecule has 1 aromatic heterocycles. The molecule has 0 bridgehead atoms. The molecular weight excluding hydrogens is 296 g/mol. The number of hydrogen-bond acceptors (Lipinski definition) is 4. The first-order valence-electron chi connectivity index (χ1n) is 5.67. The van der Waals surface area contributed by atoms with Crippen LogP contribution in [-0.4, -0.2) is 28.8 Å². The highest BCUT2D eigenvalue weighted by Crippen LogP contribution is 2.25. The van der Waals surface area contributed by atoms with Gasteiger partial charge in [0.05, 0.1) is 11.6 Å². The van der Waals surface area contributed by atoms with Crippen LogP contribution >= 0.6 is 15.9 Å². The summed E-state index contributed by atoms with van der Waals surface area (Å²) in [6.07, 6.45) is 2.37. The maximum absolute atomic E-state index is 5.19. The van der Waals surface area contributed by atoms with Crippen LogP contribution in [0.25, 0.3) is 0 Å². The molecule has 0 unspecified atom stereocenters. The van der Waals surface area contributed by atoms with Crippen molar-refractivity contribution in [3.8, 4) is 5.75 Å². The largest absolute Gasteiger partial charge is 0.496 e. The Kier molecular flexibility index (Phi) is 4.72. The average Bonchev–Trinajstić information content (AvgIpc) is 2.88. The minimum atomic E-state index is 0.816. The lowest BCUT2D eigenvalue weighted by Crippen LogP contribution is -2.17. The number of methoxy groups -OCH3 is 1. The molecule has 2 rings (SSSR count). The summed E-state index contributed by atoms with van der Waals surface area (Å²) in [5.74, 6) is 1.75. The molecule has 96 valence electrons. The van der Waals surface area contributed by atoms with Gasteiger partial charge in [-0.15, -0.1) is 0 Å². The quantitative estimate of drug-likeness (QED) is 0.800. The molecule has 0 saturated heterocycles. The fourth-order valence-electron chi connectivity index (χ4n) is 1.61. The van der Waals surface area contributed by atoms with Crippen LogP contribution in [0, 0.1) is 0 Å². The highest BCUT2D eigenvalue weighted by molar-refractivity contribution is 9.10. The number of hydrogen-bond donors (Lipinski definition) is 2. The summed E-state index contributed by atoms with van der Waals surface area (Å²) < 4.78 is 6.16. The Labute approximate surface area is 114 Å². The van der Waals surface area contributed by atoms with Crippen LogP contribution < -0.4 is 10.1 Å². The topological polar surface area (TPSA) is 62.8 Å². The lowest BCUT2D eigenvalue weighted by molar-refractivity contribution is 0.412. The van der Waals surface area contributed by atoms with E-state index in [1.165, 1.54) is 11.9 Å². The summed E-state index contributed by atoms with van der Waals surface area (Å²) in [4.78, 5) is 4.07. The molecule has 0 radical (unpaired) electrons. The monoisotopic (exact) mass is 310 g/mol. The first kappa shape index (κ1) is 13.0. The van der Waals surface area contributed by atoms with Crippen molar-refractivity contribution >= 4 is 15.9 Å². The van der Waals surface area contributed by atoms with Gasteiger partial charge in [0, 0.05) is 19.5 Å². The van der Waals surface area contributed by atoms with Crippen molar-refractivity contribution in [3.05, 3.63) is 40.4 Å². The SMILES string of the molecule is COc1ccc(CNCCc2ncn[nH]2)cc1Br. The molecule has 0 saturated carbocycles. The van der Waals surface area contributed by atoms with Crippen LogP contribution in [0.1, 0.15) is 11.4 Å². The third kappa shape index (κ3) is 3.54. The molecule has 0 amide bonds. The molecule has 0 atom stereocenters. The minimum absolute atomic E-state index is 0.816. The lowest BCUT2D eigenvalue weighted by atomic mass is 10.2. The van der Waals surface area contributed by atoms with E-state index in [1.54, 1.807) is 7.11 Å². The van der Waals surface area contributed by atoms with E-state index in [2.05, 4.69) is 42.5 Å². The first-order chi connectivity index (χ1) is 8.79. The zero-order chi connectivity index (χ0) is 12.8. The molecule has 2 aromatic rings. The van der Waals surface area contributed by atoms with Crippen LogP contribution in [0.15, 0.2) is 29.0 Å². The van der Waals surface area contributed by atoms with Gasteiger partial charge in [-0.3, -0.25) is 5.10 Å². The van der Waals surface area contributed by atoms with Crippen molar-refractivity contribution in [1.82, 2.24) is 20.5 Å². The van der Waals surface area contributed by atoms with Crippen molar-refractivity contribution in [2.45, 2.75) is 13.0 Å². The number of halogens is 1. The van der Waals surface area contributed by atoms with E-state index >= 15 is 0 Å². The fraction of sp³-hybridized carbons (Fsp3) is 0.333. The van der Waals surface area contributed by atoms with Crippen molar-refractivity contribution < 1.29 is 4.74 Å². The normalized spacial score (nSPS) is 10.6. The predicted molar refractivity (Wildman–Crippen MR) is 72.5 cm³/mol. The van der Waals surface area contributed by atoms with E-state index in [1.807, 2.05) is 12.1 Å². The third-order valence-corrected chi connectivity index (χ3v) is 3.17. The number of aromatic nitrogens is 3. The molecule has 6 heteroatoms. The maximum Gasteiger partial charge on any atom is 0.137 e. The smallest absolute Gasteiger partial charge is 0.137 e.